The third kappa shape index (κ3) is 1.95. The SMILES string of the molecule is COc1cncc(C2(F)CCC(N)C2)c1. The molecule has 2 N–H and O–H groups in total. The molecule has 0 bridgehead atoms. The number of alkyl halides is 1. The maximum Gasteiger partial charge on any atom is 0.139 e. The third-order valence-corrected chi connectivity index (χ3v) is 2.96. The molecule has 82 valence electrons. The Labute approximate surface area is 88.5 Å². The second-order valence-corrected chi connectivity index (χ2v) is 4.08. The fraction of sp³-hybridized carbons (Fsp3) is 0.545. The predicted molar refractivity (Wildman–Crippen MR) is 55.4 cm³/mol. The van der Waals surface area contributed by atoms with Gasteiger partial charge in [0.25, 0.3) is 0 Å². The van der Waals surface area contributed by atoms with Gasteiger partial charge in [0, 0.05) is 24.2 Å². The summed E-state index contributed by atoms with van der Waals surface area (Å²) in [6, 6.07) is 1.66. The van der Waals surface area contributed by atoms with E-state index in [1.807, 2.05) is 0 Å². The predicted octanol–water partition coefficient (Wildman–Crippen LogP) is 1.77. The van der Waals surface area contributed by atoms with E-state index in [0.29, 0.717) is 24.2 Å². The molecule has 1 heterocycles. The van der Waals surface area contributed by atoms with Gasteiger partial charge >= 0.3 is 0 Å². The lowest BCUT2D eigenvalue weighted by Gasteiger charge is -2.19. The number of rotatable bonds is 2. The van der Waals surface area contributed by atoms with Gasteiger partial charge in [-0.2, -0.15) is 0 Å². The van der Waals surface area contributed by atoms with Crippen LogP contribution in [0.3, 0.4) is 0 Å². The Morgan fingerprint density at radius 3 is 3.00 bits per heavy atom. The highest BCUT2D eigenvalue weighted by Crippen LogP contribution is 2.42. The zero-order chi connectivity index (χ0) is 10.9. The summed E-state index contributed by atoms with van der Waals surface area (Å²) in [4.78, 5) is 3.96. The van der Waals surface area contributed by atoms with Gasteiger partial charge in [0.05, 0.1) is 13.3 Å². The van der Waals surface area contributed by atoms with Crippen LogP contribution in [0.1, 0.15) is 24.8 Å². The van der Waals surface area contributed by atoms with Crippen LogP contribution in [0, 0.1) is 0 Å². The maximum absolute atomic E-state index is 14.4. The fourth-order valence-electron chi connectivity index (χ4n) is 2.07. The molecule has 0 spiro atoms. The van der Waals surface area contributed by atoms with E-state index in [0.717, 1.165) is 6.42 Å². The molecular weight excluding hydrogens is 195 g/mol. The molecular formula is C11H15FN2O. The molecule has 0 amide bonds. The second kappa shape index (κ2) is 3.77. The van der Waals surface area contributed by atoms with Gasteiger partial charge in [0.15, 0.2) is 0 Å². The molecule has 2 atom stereocenters. The number of ether oxygens (including phenoxy) is 1. The largest absolute Gasteiger partial charge is 0.495 e. The Morgan fingerprint density at radius 1 is 1.60 bits per heavy atom. The van der Waals surface area contributed by atoms with Crippen molar-refractivity contribution in [2.45, 2.75) is 31.0 Å². The monoisotopic (exact) mass is 210 g/mol. The van der Waals surface area contributed by atoms with Gasteiger partial charge in [-0.05, 0) is 18.9 Å². The van der Waals surface area contributed by atoms with Crippen molar-refractivity contribution in [3.63, 3.8) is 0 Å². The van der Waals surface area contributed by atoms with E-state index < -0.39 is 5.67 Å². The molecule has 0 aromatic carbocycles. The van der Waals surface area contributed by atoms with Crippen LogP contribution in [0.4, 0.5) is 4.39 Å². The molecule has 1 fully saturated rings. The average molecular weight is 210 g/mol. The molecule has 0 aliphatic heterocycles. The lowest BCUT2D eigenvalue weighted by atomic mass is 9.95. The number of halogens is 1. The van der Waals surface area contributed by atoms with Gasteiger partial charge in [0.1, 0.15) is 11.4 Å². The zero-order valence-electron chi connectivity index (χ0n) is 8.74. The van der Waals surface area contributed by atoms with Crippen molar-refractivity contribution >= 4 is 0 Å². The minimum atomic E-state index is -1.32. The number of pyridine rings is 1. The first-order chi connectivity index (χ1) is 7.14. The molecule has 15 heavy (non-hydrogen) atoms. The van der Waals surface area contributed by atoms with Crippen molar-refractivity contribution in [3.8, 4) is 5.75 Å². The van der Waals surface area contributed by atoms with Gasteiger partial charge in [-0.25, -0.2) is 4.39 Å². The maximum atomic E-state index is 14.4. The van der Waals surface area contributed by atoms with Crippen LogP contribution in [-0.2, 0) is 5.67 Å². The van der Waals surface area contributed by atoms with Crippen LogP contribution in [-0.4, -0.2) is 18.1 Å². The quantitative estimate of drug-likeness (QED) is 0.809. The Bertz CT molecular complexity index is 358. The van der Waals surface area contributed by atoms with E-state index in [-0.39, 0.29) is 6.04 Å². The van der Waals surface area contributed by atoms with Crippen molar-refractivity contribution in [2.75, 3.05) is 7.11 Å². The van der Waals surface area contributed by atoms with Crippen LogP contribution in [0.2, 0.25) is 0 Å². The van der Waals surface area contributed by atoms with Gasteiger partial charge in [-0.1, -0.05) is 0 Å². The van der Waals surface area contributed by atoms with Crippen LogP contribution in [0.5, 0.6) is 5.75 Å². The summed E-state index contributed by atoms with van der Waals surface area (Å²) in [7, 11) is 1.55. The number of methoxy groups -OCH3 is 1. The van der Waals surface area contributed by atoms with E-state index in [1.165, 1.54) is 0 Å². The van der Waals surface area contributed by atoms with E-state index in [9.17, 15) is 4.39 Å². The van der Waals surface area contributed by atoms with Crippen LogP contribution < -0.4 is 10.5 Å². The van der Waals surface area contributed by atoms with E-state index in [4.69, 9.17) is 10.5 Å². The normalized spacial score (nSPS) is 30.5. The number of hydrogen-bond acceptors (Lipinski definition) is 3. The molecule has 0 saturated heterocycles. The molecule has 1 saturated carbocycles. The summed E-state index contributed by atoms with van der Waals surface area (Å²) in [5.74, 6) is 0.588. The Morgan fingerprint density at radius 2 is 2.40 bits per heavy atom. The van der Waals surface area contributed by atoms with E-state index in [2.05, 4.69) is 4.98 Å². The fourth-order valence-corrected chi connectivity index (χ4v) is 2.07. The summed E-state index contributed by atoms with van der Waals surface area (Å²) in [6.45, 7) is 0. The first kappa shape index (κ1) is 10.4. The molecule has 1 aromatic rings. The highest BCUT2D eigenvalue weighted by atomic mass is 19.1. The summed E-state index contributed by atoms with van der Waals surface area (Å²) in [6.07, 6.45) is 4.71. The third-order valence-electron chi connectivity index (χ3n) is 2.96. The highest BCUT2D eigenvalue weighted by molar-refractivity contribution is 5.29. The number of nitrogens with zero attached hydrogens (tertiary/aromatic N) is 1. The van der Waals surface area contributed by atoms with Gasteiger partial charge in [-0.3, -0.25) is 4.98 Å². The first-order valence-electron chi connectivity index (χ1n) is 5.08. The number of aromatic nitrogens is 1. The molecule has 0 radical (unpaired) electrons. The molecule has 1 aromatic heterocycles. The molecule has 3 nitrogen and oxygen atoms in total. The second-order valence-electron chi connectivity index (χ2n) is 4.08. The molecule has 4 heteroatoms. The van der Waals surface area contributed by atoms with Crippen LogP contribution in [0.25, 0.3) is 0 Å². The molecule has 2 rings (SSSR count). The van der Waals surface area contributed by atoms with Crippen molar-refractivity contribution in [3.05, 3.63) is 24.0 Å². The Hall–Kier alpha value is -1.16. The van der Waals surface area contributed by atoms with E-state index >= 15 is 0 Å². The Balaban J connectivity index is 2.28. The lowest BCUT2D eigenvalue weighted by molar-refractivity contribution is 0.171. The van der Waals surface area contributed by atoms with Crippen molar-refractivity contribution in [1.29, 1.82) is 0 Å². The zero-order valence-corrected chi connectivity index (χ0v) is 8.74. The minimum Gasteiger partial charge on any atom is -0.495 e. The lowest BCUT2D eigenvalue weighted by Crippen LogP contribution is -2.21. The molecule has 1 aliphatic rings. The minimum absolute atomic E-state index is 0.0406. The van der Waals surface area contributed by atoms with Gasteiger partial charge in [-0.15, -0.1) is 0 Å². The summed E-state index contributed by atoms with van der Waals surface area (Å²) >= 11 is 0. The Kier molecular flexibility index (Phi) is 2.61. The van der Waals surface area contributed by atoms with Crippen LogP contribution >= 0.6 is 0 Å². The standard InChI is InChI=1S/C11H15FN2O/c1-15-10-4-8(6-14-7-10)11(12)3-2-9(13)5-11/h4,6-7,9H,2-3,5,13H2,1H3. The number of hydrogen-bond donors (Lipinski definition) is 1. The highest BCUT2D eigenvalue weighted by Gasteiger charge is 2.39. The summed E-state index contributed by atoms with van der Waals surface area (Å²) < 4.78 is 19.5. The van der Waals surface area contributed by atoms with Gasteiger partial charge in [0.2, 0.25) is 0 Å². The van der Waals surface area contributed by atoms with E-state index in [1.54, 1.807) is 25.6 Å². The molecule has 1 aliphatic carbocycles. The van der Waals surface area contributed by atoms with Gasteiger partial charge < -0.3 is 10.5 Å². The number of nitrogens with two attached hydrogens (primary N) is 1. The van der Waals surface area contributed by atoms with Crippen molar-refractivity contribution in [2.24, 2.45) is 5.73 Å². The smallest absolute Gasteiger partial charge is 0.139 e. The topological polar surface area (TPSA) is 48.1 Å². The van der Waals surface area contributed by atoms with Crippen molar-refractivity contribution < 1.29 is 9.13 Å². The van der Waals surface area contributed by atoms with Crippen LogP contribution in [0.15, 0.2) is 18.5 Å². The molecule has 2 unspecified atom stereocenters. The average Bonchev–Trinajstić information content (AvgIpc) is 2.60. The summed E-state index contributed by atoms with van der Waals surface area (Å²) in [5, 5.41) is 0. The summed E-state index contributed by atoms with van der Waals surface area (Å²) in [5.41, 5.74) is 4.99. The van der Waals surface area contributed by atoms with Crippen molar-refractivity contribution in [1.82, 2.24) is 4.98 Å². The first-order valence-corrected chi connectivity index (χ1v) is 5.08.